The van der Waals surface area contributed by atoms with E-state index in [0.717, 1.165) is 37.4 Å². The minimum atomic E-state index is -0.0738. The molecular weight excluding hydrogens is 402 g/mol. The molecule has 0 unspecified atom stereocenters. The molecule has 174 valence electrons. The Kier molecular flexibility index (Phi) is 5.51. The van der Waals surface area contributed by atoms with E-state index in [2.05, 4.69) is 43.9 Å². The zero-order valence-corrected chi connectivity index (χ0v) is 20.1. The Balaban J connectivity index is 1.39. The molecule has 1 saturated carbocycles. The SMILES string of the molecule is COc1cc2c(cc1OC)[C@H](C)N(C[C@@H]1C(=O)O[C@@H]3C[C@@]4(C)CCC[C@H](C)C4=C[C@H]13)CC2. The van der Waals surface area contributed by atoms with Gasteiger partial charge in [0.25, 0.3) is 0 Å². The summed E-state index contributed by atoms with van der Waals surface area (Å²) in [6, 6.07) is 4.44. The number of allylic oxidation sites excluding steroid dienone is 1. The monoisotopic (exact) mass is 439 g/mol. The molecule has 5 heteroatoms. The van der Waals surface area contributed by atoms with E-state index in [4.69, 9.17) is 14.2 Å². The van der Waals surface area contributed by atoms with Gasteiger partial charge >= 0.3 is 5.97 Å². The average molecular weight is 440 g/mol. The Labute approximate surface area is 192 Å². The zero-order chi connectivity index (χ0) is 22.6. The molecule has 0 amide bonds. The van der Waals surface area contributed by atoms with Crippen molar-refractivity contribution in [2.75, 3.05) is 27.3 Å². The highest BCUT2D eigenvalue weighted by atomic mass is 16.6. The second-order valence-corrected chi connectivity index (χ2v) is 10.7. The molecule has 2 heterocycles. The summed E-state index contributed by atoms with van der Waals surface area (Å²) in [5, 5.41) is 0. The van der Waals surface area contributed by atoms with Gasteiger partial charge in [0.1, 0.15) is 6.10 Å². The maximum absolute atomic E-state index is 13.0. The maximum atomic E-state index is 13.0. The van der Waals surface area contributed by atoms with Crippen molar-refractivity contribution in [1.82, 2.24) is 4.90 Å². The summed E-state index contributed by atoms with van der Waals surface area (Å²) in [5.74, 6) is 2.31. The number of hydrogen-bond acceptors (Lipinski definition) is 5. The van der Waals surface area contributed by atoms with Gasteiger partial charge in [-0.15, -0.1) is 0 Å². The topological polar surface area (TPSA) is 48.0 Å². The number of carbonyl (C=O) groups excluding carboxylic acids is 1. The Morgan fingerprint density at radius 2 is 1.94 bits per heavy atom. The summed E-state index contributed by atoms with van der Waals surface area (Å²) in [6.45, 7) is 8.68. The van der Waals surface area contributed by atoms with E-state index in [0.29, 0.717) is 5.92 Å². The van der Waals surface area contributed by atoms with E-state index in [1.54, 1.807) is 19.8 Å². The summed E-state index contributed by atoms with van der Waals surface area (Å²) >= 11 is 0. The van der Waals surface area contributed by atoms with E-state index in [-0.39, 0.29) is 35.4 Å². The molecule has 6 atom stereocenters. The first-order chi connectivity index (χ1) is 15.3. The van der Waals surface area contributed by atoms with Gasteiger partial charge in [-0.1, -0.05) is 31.9 Å². The van der Waals surface area contributed by atoms with Gasteiger partial charge in [0, 0.05) is 25.0 Å². The Bertz CT molecular complexity index is 940. The predicted molar refractivity (Wildman–Crippen MR) is 124 cm³/mol. The van der Waals surface area contributed by atoms with Gasteiger partial charge in [-0.3, -0.25) is 9.69 Å². The van der Waals surface area contributed by atoms with Crippen LogP contribution in [0.4, 0.5) is 0 Å². The van der Waals surface area contributed by atoms with Crippen LogP contribution >= 0.6 is 0 Å². The van der Waals surface area contributed by atoms with Crippen molar-refractivity contribution in [1.29, 1.82) is 0 Å². The van der Waals surface area contributed by atoms with Crippen LogP contribution in [0.5, 0.6) is 11.5 Å². The molecule has 0 spiro atoms. The lowest BCUT2D eigenvalue weighted by molar-refractivity contribution is -0.145. The Morgan fingerprint density at radius 1 is 1.19 bits per heavy atom. The van der Waals surface area contributed by atoms with Crippen LogP contribution in [0.3, 0.4) is 0 Å². The van der Waals surface area contributed by atoms with Gasteiger partial charge < -0.3 is 14.2 Å². The van der Waals surface area contributed by atoms with Crippen LogP contribution in [0.2, 0.25) is 0 Å². The van der Waals surface area contributed by atoms with Crippen LogP contribution < -0.4 is 9.47 Å². The van der Waals surface area contributed by atoms with Crippen LogP contribution in [-0.4, -0.2) is 44.3 Å². The quantitative estimate of drug-likeness (QED) is 0.491. The van der Waals surface area contributed by atoms with Gasteiger partial charge in [-0.25, -0.2) is 0 Å². The van der Waals surface area contributed by atoms with E-state index in [1.165, 1.54) is 30.4 Å². The number of carbonyl (C=O) groups is 1. The summed E-state index contributed by atoms with van der Waals surface area (Å²) < 4.78 is 17.0. The Hall–Kier alpha value is -2.01. The first kappa shape index (κ1) is 21.8. The standard InChI is InChI=1S/C27H37NO4/c1-16-7-6-9-27(3)14-25-20(12-22(16)27)21(26(29)32-25)15-28-10-8-18-11-23(30-4)24(31-5)13-19(18)17(28)2/h11-13,16-17,20-21,25H,6-10,14-15H2,1-5H3/t16-,17-,20+,21-,25+,27+/m0/s1. The van der Waals surface area contributed by atoms with Crippen molar-refractivity contribution in [2.24, 2.45) is 23.2 Å². The van der Waals surface area contributed by atoms with E-state index < -0.39 is 0 Å². The van der Waals surface area contributed by atoms with Crippen molar-refractivity contribution in [2.45, 2.75) is 65.0 Å². The number of ether oxygens (including phenoxy) is 3. The second-order valence-electron chi connectivity index (χ2n) is 10.7. The molecule has 0 N–H and O–H groups in total. The molecule has 5 rings (SSSR count). The van der Waals surface area contributed by atoms with E-state index in [9.17, 15) is 4.79 Å². The van der Waals surface area contributed by atoms with Crippen LogP contribution in [0.1, 0.15) is 63.6 Å². The van der Waals surface area contributed by atoms with Crippen LogP contribution in [-0.2, 0) is 16.0 Å². The largest absolute Gasteiger partial charge is 0.493 e. The number of fused-ring (bicyclic) bond motifs is 3. The van der Waals surface area contributed by atoms with Crippen molar-refractivity contribution < 1.29 is 19.0 Å². The third-order valence-corrected chi connectivity index (χ3v) is 8.82. The van der Waals surface area contributed by atoms with Gasteiger partial charge in [0.05, 0.1) is 20.1 Å². The fraction of sp³-hybridized carbons (Fsp3) is 0.667. The number of hydrogen-bond donors (Lipinski definition) is 0. The molecule has 1 saturated heterocycles. The summed E-state index contributed by atoms with van der Waals surface area (Å²) in [7, 11) is 3.36. The van der Waals surface area contributed by atoms with Crippen LogP contribution in [0, 0.1) is 23.2 Å². The molecule has 2 fully saturated rings. The molecule has 0 radical (unpaired) electrons. The summed E-state index contributed by atoms with van der Waals surface area (Å²) in [6.07, 6.45) is 8.22. The van der Waals surface area contributed by atoms with Crippen LogP contribution in [0.15, 0.2) is 23.8 Å². The lowest BCUT2D eigenvalue weighted by atomic mass is 9.59. The number of esters is 1. The smallest absolute Gasteiger partial charge is 0.311 e. The normalized spacial score (nSPS) is 36.5. The summed E-state index contributed by atoms with van der Waals surface area (Å²) in [5.41, 5.74) is 4.38. The third-order valence-electron chi connectivity index (χ3n) is 8.82. The van der Waals surface area contributed by atoms with E-state index in [1.807, 2.05) is 0 Å². The fourth-order valence-electron chi connectivity index (χ4n) is 6.96. The minimum Gasteiger partial charge on any atom is -0.493 e. The average Bonchev–Trinajstić information content (AvgIpc) is 3.06. The highest BCUT2D eigenvalue weighted by molar-refractivity contribution is 5.76. The highest BCUT2D eigenvalue weighted by Crippen LogP contribution is 2.54. The van der Waals surface area contributed by atoms with E-state index >= 15 is 0 Å². The zero-order valence-electron chi connectivity index (χ0n) is 20.1. The van der Waals surface area contributed by atoms with Gasteiger partial charge in [-0.05, 0) is 67.2 Å². The first-order valence-corrected chi connectivity index (χ1v) is 12.3. The number of nitrogens with zero attached hydrogens (tertiary/aromatic N) is 1. The molecule has 32 heavy (non-hydrogen) atoms. The first-order valence-electron chi connectivity index (χ1n) is 12.3. The fourth-order valence-corrected chi connectivity index (χ4v) is 6.96. The van der Waals surface area contributed by atoms with Gasteiger partial charge in [0.15, 0.2) is 11.5 Å². The summed E-state index contributed by atoms with van der Waals surface area (Å²) in [4.78, 5) is 15.5. The minimum absolute atomic E-state index is 0.00272. The molecular formula is C27H37NO4. The molecule has 0 bridgehead atoms. The highest BCUT2D eigenvalue weighted by Gasteiger charge is 2.52. The molecule has 1 aromatic rings. The second kappa shape index (κ2) is 8.09. The maximum Gasteiger partial charge on any atom is 0.311 e. The van der Waals surface area contributed by atoms with Crippen molar-refractivity contribution in [3.05, 3.63) is 34.9 Å². The lowest BCUT2D eigenvalue weighted by Gasteiger charge is -2.46. The molecule has 0 aromatic heterocycles. The Morgan fingerprint density at radius 3 is 2.69 bits per heavy atom. The third kappa shape index (κ3) is 3.44. The van der Waals surface area contributed by atoms with Crippen molar-refractivity contribution in [3.63, 3.8) is 0 Å². The van der Waals surface area contributed by atoms with Crippen molar-refractivity contribution in [3.8, 4) is 11.5 Å². The van der Waals surface area contributed by atoms with Crippen molar-refractivity contribution >= 4 is 5.97 Å². The molecule has 2 aliphatic carbocycles. The number of methoxy groups -OCH3 is 2. The van der Waals surface area contributed by atoms with Crippen LogP contribution in [0.25, 0.3) is 0 Å². The van der Waals surface area contributed by atoms with Gasteiger partial charge in [-0.2, -0.15) is 0 Å². The number of benzene rings is 1. The molecule has 2 aliphatic heterocycles. The lowest BCUT2D eigenvalue weighted by Crippen LogP contribution is -2.42. The van der Waals surface area contributed by atoms with Gasteiger partial charge in [0.2, 0.25) is 0 Å². The predicted octanol–water partition coefficient (Wildman–Crippen LogP) is 4.94. The molecule has 5 nitrogen and oxygen atoms in total. The molecule has 4 aliphatic rings. The molecule has 1 aromatic carbocycles. The number of rotatable bonds is 4.